The number of carbonyl (C=O) groups is 6. The Labute approximate surface area is 422 Å². The number of nitrogens with one attached hydrogen (secondary N) is 4. The first-order valence-electron chi connectivity index (χ1n) is 23.8. The van der Waals surface area contributed by atoms with Gasteiger partial charge in [-0.05, 0) is 105 Å². The van der Waals surface area contributed by atoms with Gasteiger partial charge in [0.15, 0.2) is 11.5 Å². The molecular weight excluding hydrogens is 991 g/mol. The molecule has 20 nitrogen and oxygen atoms in total. The minimum atomic E-state index is -5.04. The second-order valence-electron chi connectivity index (χ2n) is 19.5. The summed E-state index contributed by atoms with van der Waals surface area (Å²) in [6.45, 7) is 10.5. The number of nitrogens with zero attached hydrogens (tertiary/aromatic N) is 4. The van der Waals surface area contributed by atoms with Gasteiger partial charge in [-0.15, -0.1) is 0 Å². The standard InChI is InChI=1S/C48H62F6N10O10/c1-45(2,3)73-43(69)63-17-13-29(24-63)71-39-31(59-37(65)11-7-9-15-55)19-27(47(49,50)51)21-33(39)61-41(67)35-23-36(58-26-57-35)42(68)62-34-22-28(48(52,53)54)20-32(60-38(66)12-8-10-16-56)40(34)72-30-14-18-64(25-30)44(70)74-46(4,5)6/h19-23,26,29-30H,7-18,24-25,55-56H2,1-6H3,(H,59,65)(H,60,66)(H,61,67)(H,62,68)/t29-,30?/m1/s1. The lowest BCUT2D eigenvalue weighted by Crippen LogP contribution is -2.36. The van der Waals surface area contributed by atoms with Crippen LogP contribution in [0.5, 0.6) is 11.5 Å². The van der Waals surface area contributed by atoms with Gasteiger partial charge in [-0.1, -0.05) is 0 Å². The van der Waals surface area contributed by atoms with Gasteiger partial charge in [0, 0.05) is 44.8 Å². The lowest BCUT2D eigenvalue weighted by Gasteiger charge is -2.25. The van der Waals surface area contributed by atoms with Crippen LogP contribution in [0.25, 0.3) is 0 Å². The molecule has 8 N–H and O–H groups in total. The van der Waals surface area contributed by atoms with Crippen molar-refractivity contribution in [3.8, 4) is 11.5 Å². The minimum absolute atomic E-state index is 0.0932. The Bertz CT molecular complexity index is 2370. The number of benzene rings is 2. The molecule has 1 aromatic heterocycles. The van der Waals surface area contributed by atoms with Crippen LogP contribution in [0.15, 0.2) is 36.7 Å². The fourth-order valence-corrected chi connectivity index (χ4v) is 7.44. The smallest absolute Gasteiger partial charge is 0.416 e. The van der Waals surface area contributed by atoms with E-state index in [1.165, 1.54) is 9.80 Å². The molecule has 2 fully saturated rings. The van der Waals surface area contributed by atoms with Crippen LogP contribution >= 0.6 is 0 Å². The number of carbonyl (C=O) groups excluding carboxylic acids is 6. The predicted molar refractivity (Wildman–Crippen MR) is 258 cm³/mol. The third kappa shape index (κ3) is 17.1. The van der Waals surface area contributed by atoms with Crippen LogP contribution in [-0.4, -0.2) is 118 Å². The second-order valence-corrected chi connectivity index (χ2v) is 19.5. The average molecular weight is 1050 g/mol. The number of amides is 6. The summed E-state index contributed by atoms with van der Waals surface area (Å²) in [5.74, 6) is -4.71. The minimum Gasteiger partial charge on any atom is -0.484 e. The molecule has 74 heavy (non-hydrogen) atoms. The molecule has 2 aliphatic rings. The molecule has 0 saturated carbocycles. The summed E-state index contributed by atoms with van der Waals surface area (Å²) < 4.78 is 110. The van der Waals surface area contributed by atoms with Crippen LogP contribution in [0.3, 0.4) is 0 Å². The summed E-state index contributed by atoms with van der Waals surface area (Å²) in [4.78, 5) is 90.3. The molecule has 2 atom stereocenters. The van der Waals surface area contributed by atoms with E-state index >= 15 is 0 Å². The van der Waals surface area contributed by atoms with E-state index < -0.39 is 128 Å². The number of hydrogen-bond donors (Lipinski definition) is 6. The van der Waals surface area contributed by atoms with E-state index in [2.05, 4.69) is 31.2 Å². The van der Waals surface area contributed by atoms with Crippen LogP contribution in [0.2, 0.25) is 0 Å². The fourth-order valence-electron chi connectivity index (χ4n) is 7.44. The van der Waals surface area contributed by atoms with Crippen molar-refractivity contribution in [1.29, 1.82) is 0 Å². The Morgan fingerprint density at radius 1 is 0.568 bits per heavy atom. The molecular formula is C48H62F6N10O10. The van der Waals surface area contributed by atoms with Gasteiger partial charge in [-0.3, -0.25) is 19.2 Å². The van der Waals surface area contributed by atoms with Gasteiger partial charge < -0.3 is 61.5 Å². The molecule has 0 radical (unpaired) electrons. The molecule has 2 aromatic carbocycles. The highest BCUT2D eigenvalue weighted by Crippen LogP contribution is 2.44. The van der Waals surface area contributed by atoms with E-state index in [1.807, 2.05) is 0 Å². The van der Waals surface area contributed by atoms with E-state index in [9.17, 15) is 55.1 Å². The Morgan fingerprint density at radius 3 is 1.24 bits per heavy atom. The summed E-state index contributed by atoms with van der Waals surface area (Å²) in [6, 6.07) is 3.14. The molecule has 5 rings (SSSR count). The molecule has 3 aromatic rings. The highest BCUT2D eigenvalue weighted by atomic mass is 19.4. The topological polar surface area (TPSA) is 272 Å². The molecule has 406 valence electrons. The predicted octanol–water partition coefficient (Wildman–Crippen LogP) is 7.93. The normalized spacial score (nSPS) is 16.1. The summed E-state index contributed by atoms with van der Waals surface area (Å²) in [7, 11) is 0. The van der Waals surface area contributed by atoms with Crippen molar-refractivity contribution >= 4 is 58.6 Å². The number of unbranched alkanes of at least 4 members (excludes halogenated alkanes) is 2. The highest BCUT2D eigenvalue weighted by Gasteiger charge is 2.38. The summed E-state index contributed by atoms with van der Waals surface area (Å²) >= 11 is 0. The maximum atomic E-state index is 14.5. The Balaban J connectivity index is 1.50. The molecule has 6 amide bonds. The first-order valence-corrected chi connectivity index (χ1v) is 23.8. The zero-order valence-corrected chi connectivity index (χ0v) is 41.8. The van der Waals surface area contributed by atoms with Gasteiger partial charge in [0.25, 0.3) is 11.8 Å². The van der Waals surface area contributed by atoms with Crippen molar-refractivity contribution in [1.82, 2.24) is 19.8 Å². The van der Waals surface area contributed by atoms with Gasteiger partial charge in [-0.25, -0.2) is 19.6 Å². The molecule has 1 unspecified atom stereocenters. The molecule has 0 spiro atoms. The van der Waals surface area contributed by atoms with Crippen molar-refractivity contribution in [3.05, 3.63) is 59.2 Å². The molecule has 0 aliphatic carbocycles. The van der Waals surface area contributed by atoms with Crippen molar-refractivity contribution in [2.75, 3.05) is 60.5 Å². The first-order chi connectivity index (χ1) is 34.5. The lowest BCUT2D eigenvalue weighted by atomic mass is 10.1. The van der Waals surface area contributed by atoms with Gasteiger partial charge in [0.05, 0.1) is 47.0 Å². The molecule has 26 heteroatoms. The molecule has 3 heterocycles. The first kappa shape index (κ1) is 57.9. The number of aromatic nitrogens is 2. The third-order valence-electron chi connectivity index (χ3n) is 10.9. The quantitative estimate of drug-likeness (QED) is 0.0522. The van der Waals surface area contributed by atoms with E-state index in [4.69, 9.17) is 30.4 Å². The maximum Gasteiger partial charge on any atom is 0.416 e. The maximum absolute atomic E-state index is 14.5. The van der Waals surface area contributed by atoms with Crippen LogP contribution < -0.4 is 42.2 Å². The van der Waals surface area contributed by atoms with Crippen molar-refractivity contribution in [3.63, 3.8) is 0 Å². The van der Waals surface area contributed by atoms with Gasteiger partial charge in [0.1, 0.15) is 41.1 Å². The second kappa shape index (κ2) is 24.4. The number of likely N-dealkylation sites (tertiary alicyclic amines) is 2. The van der Waals surface area contributed by atoms with Crippen LogP contribution in [0.1, 0.15) is 125 Å². The van der Waals surface area contributed by atoms with Crippen LogP contribution in [-0.2, 0) is 31.4 Å². The third-order valence-corrected chi connectivity index (χ3v) is 10.9. The highest BCUT2D eigenvalue weighted by molar-refractivity contribution is 6.09. The van der Waals surface area contributed by atoms with Crippen molar-refractivity contribution in [2.45, 2.75) is 129 Å². The number of ether oxygens (including phenoxy) is 4. The Hall–Kier alpha value is -6.96. The zero-order chi connectivity index (χ0) is 54.8. The van der Waals surface area contributed by atoms with E-state index in [-0.39, 0.29) is 65.0 Å². The van der Waals surface area contributed by atoms with Gasteiger partial charge >= 0.3 is 24.5 Å². The molecule has 2 saturated heterocycles. The summed E-state index contributed by atoms with van der Waals surface area (Å²) in [6.07, 6.45) is -11.0. The van der Waals surface area contributed by atoms with E-state index in [1.54, 1.807) is 41.5 Å². The number of nitrogens with two attached hydrogens (primary N) is 2. The fraction of sp³-hybridized carbons (Fsp3) is 0.542. The molecule has 0 bridgehead atoms. The van der Waals surface area contributed by atoms with Crippen LogP contribution in [0.4, 0.5) is 58.7 Å². The van der Waals surface area contributed by atoms with Crippen LogP contribution in [0, 0.1) is 0 Å². The van der Waals surface area contributed by atoms with E-state index in [0.29, 0.717) is 49.9 Å². The SMILES string of the molecule is CC(C)(C)OC(=O)N1CCC(Oc2c(NC(=O)CCCCN)cc(C(F)(F)F)cc2NC(=O)c2cc(C(=O)Nc3cc(C(F)(F)F)cc(NC(=O)CCCCN)c3O[C@@H]3CCN(C(=O)OC(C)(C)C)C3)ncn2)C1. The number of rotatable bonds is 18. The van der Waals surface area contributed by atoms with Crippen molar-refractivity contribution in [2.24, 2.45) is 11.5 Å². The summed E-state index contributed by atoms with van der Waals surface area (Å²) in [5, 5.41) is 9.49. The Kier molecular flexibility index (Phi) is 19.1. The monoisotopic (exact) mass is 1050 g/mol. The number of alkyl halides is 6. The number of hydrogen-bond acceptors (Lipinski definition) is 14. The van der Waals surface area contributed by atoms with Gasteiger partial charge in [0.2, 0.25) is 11.8 Å². The molecule has 2 aliphatic heterocycles. The zero-order valence-electron chi connectivity index (χ0n) is 41.8. The Morgan fingerprint density at radius 2 is 0.919 bits per heavy atom. The number of anilines is 4. The summed E-state index contributed by atoms with van der Waals surface area (Å²) in [5.41, 5.74) is 3.33. The lowest BCUT2D eigenvalue weighted by molar-refractivity contribution is -0.138. The van der Waals surface area contributed by atoms with Crippen molar-refractivity contribution < 1.29 is 74.1 Å². The van der Waals surface area contributed by atoms with Gasteiger partial charge in [-0.2, -0.15) is 26.3 Å². The largest absolute Gasteiger partial charge is 0.484 e. The van der Waals surface area contributed by atoms with E-state index in [0.717, 1.165) is 12.4 Å². The number of halogens is 6. The average Bonchev–Trinajstić information content (AvgIpc) is 3.97.